The standard InChI is InChI=1S/C13H26O6Si/c1-12(2)13(14)19-9-8-17-6-7-18-10-11-20(5,15-3)16-4/h1,6-11H2,2-5H3. The molecule has 0 aliphatic carbocycles. The Labute approximate surface area is 122 Å². The molecule has 0 radical (unpaired) electrons. The first kappa shape index (κ1) is 19.3. The van der Waals surface area contributed by atoms with Gasteiger partial charge in [0.15, 0.2) is 0 Å². The molecule has 0 aromatic carbocycles. The zero-order chi connectivity index (χ0) is 15.4. The van der Waals surface area contributed by atoms with E-state index in [0.717, 1.165) is 6.04 Å². The van der Waals surface area contributed by atoms with E-state index in [-0.39, 0.29) is 6.61 Å². The summed E-state index contributed by atoms with van der Waals surface area (Å²) < 4.78 is 26.2. The van der Waals surface area contributed by atoms with Crippen LogP contribution in [0.4, 0.5) is 0 Å². The van der Waals surface area contributed by atoms with Crippen molar-refractivity contribution in [1.82, 2.24) is 0 Å². The fourth-order valence-corrected chi connectivity index (χ4v) is 2.27. The van der Waals surface area contributed by atoms with Gasteiger partial charge in [-0.2, -0.15) is 0 Å². The molecule has 7 heteroatoms. The fraction of sp³-hybridized carbons (Fsp3) is 0.769. The normalized spacial score (nSPS) is 11.4. The van der Waals surface area contributed by atoms with Gasteiger partial charge in [0.05, 0.1) is 19.8 Å². The van der Waals surface area contributed by atoms with Crippen LogP contribution in [0, 0.1) is 0 Å². The third-order valence-electron chi connectivity index (χ3n) is 2.75. The van der Waals surface area contributed by atoms with E-state index in [1.54, 1.807) is 21.1 Å². The summed E-state index contributed by atoms with van der Waals surface area (Å²) in [6.45, 7) is 9.19. The molecule has 0 atom stereocenters. The average Bonchev–Trinajstić information content (AvgIpc) is 2.44. The number of carbonyl (C=O) groups is 1. The second-order valence-electron chi connectivity index (χ2n) is 4.43. The molecule has 0 aliphatic rings. The third kappa shape index (κ3) is 9.22. The van der Waals surface area contributed by atoms with Crippen LogP contribution in [0.1, 0.15) is 6.92 Å². The predicted molar refractivity (Wildman–Crippen MR) is 77.9 cm³/mol. The second-order valence-corrected chi connectivity index (χ2v) is 8.02. The molecule has 0 aliphatic heterocycles. The van der Waals surface area contributed by atoms with Gasteiger partial charge in [-0.25, -0.2) is 4.79 Å². The van der Waals surface area contributed by atoms with Gasteiger partial charge in [-0.05, 0) is 13.5 Å². The molecule has 0 amide bonds. The highest BCUT2D eigenvalue weighted by atomic mass is 28.4. The Hall–Kier alpha value is -0.733. The molecule has 20 heavy (non-hydrogen) atoms. The van der Waals surface area contributed by atoms with Gasteiger partial charge in [-0.15, -0.1) is 0 Å². The predicted octanol–water partition coefficient (Wildman–Crippen LogP) is 1.50. The molecule has 0 fully saturated rings. The Morgan fingerprint density at radius 1 is 1.00 bits per heavy atom. The Bertz CT molecular complexity index is 291. The van der Waals surface area contributed by atoms with Crippen LogP contribution in [0.3, 0.4) is 0 Å². The Balaban J connectivity index is 3.37. The lowest BCUT2D eigenvalue weighted by atomic mass is 10.4. The van der Waals surface area contributed by atoms with Gasteiger partial charge >= 0.3 is 14.5 Å². The smallest absolute Gasteiger partial charge is 0.336 e. The fourth-order valence-electron chi connectivity index (χ4n) is 1.18. The quantitative estimate of drug-likeness (QED) is 0.236. The summed E-state index contributed by atoms with van der Waals surface area (Å²) in [5.41, 5.74) is 0.386. The SMILES string of the molecule is C=C(C)C(=O)OCCOCCOCC[Si](C)(OC)OC. The van der Waals surface area contributed by atoms with Crippen molar-refractivity contribution in [2.24, 2.45) is 0 Å². The van der Waals surface area contributed by atoms with Crippen LogP contribution in [0.15, 0.2) is 12.2 Å². The number of ether oxygens (including phenoxy) is 3. The first-order valence-corrected chi connectivity index (χ1v) is 9.06. The van der Waals surface area contributed by atoms with E-state index in [9.17, 15) is 4.79 Å². The van der Waals surface area contributed by atoms with Crippen LogP contribution < -0.4 is 0 Å². The van der Waals surface area contributed by atoms with Crippen molar-refractivity contribution in [1.29, 1.82) is 0 Å². The summed E-state index contributed by atoms with van der Waals surface area (Å²) in [5.74, 6) is -0.395. The third-order valence-corrected chi connectivity index (χ3v) is 5.58. The molecule has 0 heterocycles. The zero-order valence-corrected chi connectivity index (χ0v) is 13.9. The Kier molecular flexibility index (Phi) is 10.6. The largest absolute Gasteiger partial charge is 0.460 e. The van der Waals surface area contributed by atoms with Crippen LogP contribution in [-0.4, -0.2) is 61.8 Å². The van der Waals surface area contributed by atoms with Gasteiger partial charge in [-0.1, -0.05) is 6.58 Å². The Morgan fingerprint density at radius 3 is 2.00 bits per heavy atom. The number of esters is 1. The molecule has 0 bridgehead atoms. The zero-order valence-electron chi connectivity index (χ0n) is 12.9. The summed E-state index contributed by atoms with van der Waals surface area (Å²) in [7, 11) is 1.28. The highest BCUT2D eigenvalue weighted by Gasteiger charge is 2.27. The highest BCUT2D eigenvalue weighted by molar-refractivity contribution is 6.65. The molecule has 0 saturated carbocycles. The van der Waals surface area contributed by atoms with Gasteiger partial charge in [0, 0.05) is 32.4 Å². The molecular formula is C13H26O6Si. The van der Waals surface area contributed by atoms with Crippen LogP contribution in [0.5, 0.6) is 0 Å². The van der Waals surface area contributed by atoms with Crippen molar-refractivity contribution < 1.29 is 27.9 Å². The van der Waals surface area contributed by atoms with Crippen LogP contribution in [0.25, 0.3) is 0 Å². The number of hydrogen-bond donors (Lipinski definition) is 0. The molecule has 6 nitrogen and oxygen atoms in total. The summed E-state index contributed by atoms with van der Waals surface area (Å²) in [4.78, 5) is 11.0. The minimum atomic E-state index is -2.03. The maximum absolute atomic E-state index is 11.0. The van der Waals surface area contributed by atoms with E-state index in [2.05, 4.69) is 6.58 Å². The van der Waals surface area contributed by atoms with Crippen molar-refractivity contribution in [3.63, 3.8) is 0 Å². The highest BCUT2D eigenvalue weighted by Crippen LogP contribution is 2.10. The van der Waals surface area contributed by atoms with Gasteiger partial charge in [0.1, 0.15) is 6.61 Å². The topological polar surface area (TPSA) is 63.2 Å². The molecule has 0 N–H and O–H groups in total. The first-order chi connectivity index (χ1) is 9.45. The molecule has 0 aromatic rings. The lowest BCUT2D eigenvalue weighted by Gasteiger charge is -2.22. The summed E-state index contributed by atoms with van der Waals surface area (Å²) in [6, 6.07) is 0.774. The van der Waals surface area contributed by atoms with Gasteiger partial charge in [0.25, 0.3) is 0 Å². The van der Waals surface area contributed by atoms with E-state index in [0.29, 0.717) is 32.0 Å². The summed E-state index contributed by atoms with van der Waals surface area (Å²) in [6.07, 6.45) is 0. The lowest BCUT2D eigenvalue weighted by molar-refractivity contribution is -0.140. The molecule has 0 aromatic heterocycles. The molecule has 0 unspecified atom stereocenters. The van der Waals surface area contributed by atoms with Crippen LogP contribution in [-0.2, 0) is 27.9 Å². The lowest BCUT2D eigenvalue weighted by Crippen LogP contribution is -2.37. The van der Waals surface area contributed by atoms with E-state index in [1.165, 1.54) is 0 Å². The number of rotatable bonds is 12. The second kappa shape index (κ2) is 11.0. The van der Waals surface area contributed by atoms with Crippen molar-refractivity contribution >= 4 is 14.5 Å². The molecule has 0 saturated heterocycles. The first-order valence-electron chi connectivity index (χ1n) is 6.53. The van der Waals surface area contributed by atoms with E-state index in [1.807, 2.05) is 6.55 Å². The van der Waals surface area contributed by atoms with Crippen LogP contribution >= 0.6 is 0 Å². The minimum absolute atomic E-state index is 0.226. The van der Waals surface area contributed by atoms with E-state index >= 15 is 0 Å². The number of carbonyl (C=O) groups excluding carboxylic acids is 1. The summed E-state index contributed by atoms with van der Waals surface area (Å²) in [5, 5.41) is 0. The number of hydrogen-bond acceptors (Lipinski definition) is 6. The molecule has 118 valence electrons. The molecule has 0 rings (SSSR count). The molecular weight excluding hydrogens is 280 g/mol. The van der Waals surface area contributed by atoms with Gasteiger partial charge in [-0.3, -0.25) is 0 Å². The van der Waals surface area contributed by atoms with Gasteiger partial charge < -0.3 is 23.1 Å². The monoisotopic (exact) mass is 306 g/mol. The van der Waals surface area contributed by atoms with Crippen molar-refractivity contribution in [2.75, 3.05) is 47.3 Å². The maximum atomic E-state index is 11.0. The van der Waals surface area contributed by atoms with Crippen molar-refractivity contribution in [3.05, 3.63) is 12.2 Å². The van der Waals surface area contributed by atoms with E-state index in [4.69, 9.17) is 23.1 Å². The summed E-state index contributed by atoms with van der Waals surface area (Å²) >= 11 is 0. The average molecular weight is 306 g/mol. The Morgan fingerprint density at radius 2 is 1.50 bits per heavy atom. The van der Waals surface area contributed by atoms with Crippen molar-refractivity contribution in [2.45, 2.75) is 19.5 Å². The maximum Gasteiger partial charge on any atom is 0.336 e. The van der Waals surface area contributed by atoms with Crippen LogP contribution in [0.2, 0.25) is 12.6 Å². The van der Waals surface area contributed by atoms with Gasteiger partial charge in [0.2, 0.25) is 0 Å². The minimum Gasteiger partial charge on any atom is -0.460 e. The van der Waals surface area contributed by atoms with Crippen molar-refractivity contribution in [3.8, 4) is 0 Å². The molecule has 0 spiro atoms. The van der Waals surface area contributed by atoms with E-state index < -0.39 is 14.5 Å².